The zero-order valence-electron chi connectivity index (χ0n) is 22.1. The summed E-state index contributed by atoms with van der Waals surface area (Å²) in [6.45, 7) is 9.67. The van der Waals surface area contributed by atoms with Gasteiger partial charge in [-0.1, -0.05) is 60.7 Å². The van der Waals surface area contributed by atoms with Crippen LogP contribution >= 0.6 is 0 Å². The van der Waals surface area contributed by atoms with Crippen LogP contribution in [0, 0.1) is 5.92 Å². The van der Waals surface area contributed by atoms with Crippen molar-refractivity contribution < 1.29 is 4.74 Å². The third-order valence-electron chi connectivity index (χ3n) is 8.45. The molecule has 3 saturated heterocycles. The highest BCUT2D eigenvalue weighted by Crippen LogP contribution is 2.42. The van der Waals surface area contributed by atoms with E-state index in [-0.39, 0.29) is 0 Å². The number of fused-ring (bicyclic) bond motifs is 3. The summed E-state index contributed by atoms with van der Waals surface area (Å²) in [6.07, 6.45) is 2.56. The average Bonchev–Trinajstić information content (AvgIpc) is 2.95. The standard InChI is InChI=1S/C32H41N3O/c1-4-34(5-2)28-16-17-29(36-3)27(22-28)23-33-31-26-18-20-35(21-19-26)32(31)30(24-12-8-6-9-13-24)25-14-10-7-11-15-25/h6-17,22,26,30-33H,4-5,18-21,23H2,1-3H3/t31-,32-/m0/s1. The summed E-state index contributed by atoms with van der Waals surface area (Å²) >= 11 is 0. The first-order valence-corrected chi connectivity index (χ1v) is 13.7. The number of rotatable bonds is 10. The van der Waals surface area contributed by atoms with E-state index in [0.29, 0.717) is 23.9 Å². The summed E-state index contributed by atoms with van der Waals surface area (Å²) in [5, 5.41) is 4.08. The molecule has 4 heteroatoms. The lowest BCUT2D eigenvalue weighted by molar-refractivity contribution is 0.00462. The quantitative estimate of drug-likeness (QED) is 0.387. The molecule has 0 aromatic heterocycles. The molecule has 6 rings (SSSR count). The topological polar surface area (TPSA) is 27.7 Å². The molecule has 2 bridgehead atoms. The zero-order chi connectivity index (χ0) is 24.9. The molecule has 0 radical (unpaired) electrons. The Morgan fingerprint density at radius 1 is 0.889 bits per heavy atom. The van der Waals surface area contributed by atoms with Crippen molar-refractivity contribution in [2.24, 2.45) is 5.92 Å². The van der Waals surface area contributed by atoms with Gasteiger partial charge in [-0.15, -0.1) is 0 Å². The van der Waals surface area contributed by atoms with Gasteiger partial charge in [-0.3, -0.25) is 4.90 Å². The van der Waals surface area contributed by atoms with Gasteiger partial charge in [0.15, 0.2) is 0 Å². The van der Waals surface area contributed by atoms with E-state index in [0.717, 1.165) is 25.4 Å². The molecule has 0 spiro atoms. The van der Waals surface area contributed by atoms with E-state index in [1.54, 1.807) is 7.11 Å². The van der Waals surface area contributed by atoms with E-state index in [4.69, 9.17) is 4.74 Å². The molecule has 1 N–H and O–H groups in total. The Balaban J connectivity index is 1.47. The van der Waals surface area contributed by atoms with Crippen molar-refractivity contribution in [3.05, 3.63) is 95.6 Å². The molecule has 2 atom stereocenters. The lowest BCUT2D eigenvalue weighted by Gasteiger charge is -2.54. The summed E-state index contributed by atoms with van der Waals surface area (Å²) in [4.78, 5) is 5.16. The molecule has 0 unspecified atom stereocenters. The van der Waals surface area contributed by atoms with Gasteiger partial charge in [0, 0.05) is 48.9 Å². The molecule has 3 aromatic carbocycles. The number of benzene rings is 3. The van der Waals surface area contributed by atoms with Crippen LogP contribution in [0.25, 0.3) is 0 Å². The van der Waals surface area contributed by atoms with Gasteiger partial charge in [0.05, 0.1) is 7.11 Å². The fourth-order valence-electron chi connectivity index (χ4n) is 6.61. The molecule has 3 aliphatic heterocycles. The number of nitrogens with one attached hydrogen (secondary N) is 1. The number of hydrogen-bond acceptors (Lipinski definition) is 4. The number of piperidine rings is 3. The maximum absolute atomic E-state index is 5.79. The third kappa shape index (κ3) is 5.02. The second-order valence-electron chi connectivity index (χ2n) is 10.2. The van der Waals surface area contributed by atoms with Gasteiger partial charge in [0.25, 0.3) is 0 Å². The van der Waals surface area contributed by atoms with Gasteiger partial charge >= 0.3 is 0 Å². The van der Waals surface area contributed by atoms with Crippen LogP contribution in [0.3, 0.4) is 0 Å². The van der Waals surface area contributed by atoms with Crippen LogP contribution in [0.2, 0.25) is 0 Å². The molecule has 0 amide bonds. The van der Waals surface area contributed by atoms with Gasteiger partial charge in [-0.05, 0) is 75.0 Å². The Bertz CT molecular complexity index is 1050. The van der Waals surface area contributed by atoms with Crippen molar-refractivity contribution in [2.45, 2.75) is 51.2 Å². The van der Waals surface area contributed by atoms with Crippen LogP contribution in [-0.4, -0.2) is 50.3 Å². The first-order chi connectivity index (χ1) is 17.7. The first kappa shape index (κ1) is 24.9. The normalized spacial score (nSPS) is 23.1. The van der Waals surface area contributed by atoms with Gasteiger partial charge < -0.3 is 15.0 Å². The molecule has 3 heterocycles. The minimum absolute atomic E-state index is 0.344. The molecule has 3 aromatic rings. The lowest BCUT2D eigenvalue weighted by atomic mass is 9.70. The van der Waals surface area contributed by atoms with Gasteiger partial charge in [-0.2, -0.15) is 0 Å². The number of nitrogens with zero attached hydrogens (tertiary/aromatic N) is 2. The van der Waals surface area contributed by atoms with Crippen LogP contribution in [0.1, 0.15) is 49.3 Å². The summed E-state index contributed by atoms with van der Waals surface area (Å²) in [7, 11) is 1.79. The molecular formula is C32H41N3O. The van der Waals surface area contributed by atoms with E-state index in [1.807, 2.05) is 0 Å². The molecule has 0 saturated carbocycles. The largest absolute Gasteiger partial charge is 0.496 e. The fraction of sp³-hybridized carbons (Fsp3) is 0.438. The summed E-state index contributed by atoms with van der Waals surface area (Å²) in [6, 6.07) is 29.8. The van der Waals surface area contributed by atoms with Crippen LogP contribution in [0.15, 0.2) is 78.9 Å². The van der Waals surface area contributed by atoms with Crippen molar-refractivity contribution >= 4 is 5.69 Å². The van der Waals surface area contributed by atoms with Crippen LogP contribution < -0.4 is 15.0 Å². The van der Waals surface area contributed by atoms with Crippen molar-refractivity contribution in [1.29, 1.82) is 0 Å². The Morgan fingerprint density at radius 2 is 1.50 bits per heavy atom. The molecule has 4 nitrogen and oxygen atoms in total. The summed E-state index contributed by atoms with van der Waals surface area (Å²) in [5.41, 5.74) is 5.34. The number of methoxy groups -OCH3 is 1. The minimum Gasteiger partial charge on any atom is -0.496 e. The Kier molecular flexibility index (Phi) is 7.93. The maximum atomic E-state index is 5.79. The number of anilines is 1. The molecule has 0 aliphatic carbocycles. The van der Waals surface area contributed by atoms with Crippen LogP contribution in [0.4, 0.5) is 5.69 Å². The van der Waals surface area contributed by atoms with E-state index >= 15 is 0 Å². The molecule has 190 valence electrons. The van der Waals surface area contributed by atoms with E-state index < -0.39 is 0 Å². The highest BCUT2D eigenvalue weighted by molar-refractivity contribution is 5.53. The third-order valence-corrected chi connectivity index (χ3v) is 8.45. The molecule has 36 heavy (non-hydrogen) atoms. The van der Waals surface area contributed by atoms with E-state index in [1.165, 1.54) is 48.3 Å². The predicted octanol–water partition coefficient (Wildman–Crippen LogP) is 5.93. The second kappa shape index (κ2) is 11.5. The summed E-state index contributed by atoms with van der Waals surface area (Å²) in [5.74, 6) is 2.02. The Morgan fingerprint density at radius 3 is 2.06 bits per heavy atom. The predicted molar refractivity (Wildman–Crippen MR) is 150 cm³/mol. The highest BCUT2D eigenvalue weighted by Gasteiger charge is 2.46. The Labute approximate surface area is 217 Å². The van der Waals surface area contributed by atoms with Crippen molar-refractivity contribution in [3.63, 3.8) is 0 Å². The second-order valence-corrected chi connectivity index (χ2v) is 10.2. The van der Waals surface area contributed by atoms with Gasteiger partial charge in [-0.25, -0.2) is 0 Å². The number of hydrogen-bond donors (Lipinski definition) is 1. The molecule has 3 fully saturated rings. The first-order valence-electron chi connectivity index (χ1n) is 13.7. The average molecular weight is 484 g/mol. The summed E-state index contributed by atoms with van der Waals surface area (Å²) < 4.78 is 5.79. The van der Waals surface area contributed by atoms with Crippen molar-refractivity contribution in [3.8, 4) is 5.75 Å². The Hall–Kier alpha value is -2.82. The smallest absolute Gasteiger partial charge is 0.123 e. The molecule has 3 aliphatic rings. The van der Waals surface area contributed by atoms with Crippen LogP contribution in [-0.2, 0) is 6.54 Å². The van der Waals surface area contributed by atoms with Gasteiger partial charge in [0.1, 0.15) is 5.75 Å². The zero-order valence-corrected chi connectivity index (χ0v) is 22.1. The van der Waals surface area contributed by atoms with Crippen molar-refractivity contribution in [2.75, 3.05) is 38.2 Å². The molecular weight excluding hydrogens is 442 g/mol. The SMILES string of the molecule is CCN(CC)c1ccc(OC)c(CN[C@H]2C3CCN(CC3)[C@H]2C(c2ccccc2)c2ccccc2)c1. The van der Waals surface area contributed by atoms with Gasteiger partial charge in [0.2, 0.25) is 0 Å². The van der Waals surface area contributed by atoms with Crippen LogP contribution in [0.5, 0.6) is 5.75 Å². The van der Waals surface area contributed by atoms with Crippen molar-refractivity contribution in [1.82, 2.24) is 10.2 Å². The van der Waals surface area contributed by atoms with E-state index in [2.05, 4.69) is 108 Å². The van der Waals surface area contributed by atoms with E-state index in [9.17, 15) is 0 Å². The fourth-order valence-corrected chi connectivity index (χ4v) is 6.61. The number of ether oxygens (including phenoxy) is 1. The maximum Gasteiger partial charge on any atom is 0.123 e. The highest BCUT2D eigenvalue weighted by atomic mass is 16.5. The lowest BCUT2D eigenvalue weighted by Crippen LogP contribution is -2.64. The minimum atomic E-state index is 0.344. The monoisotopic (exact) mass is 483 g/mol.